The van der Waals surface area contributed by atoms with Gasteiger partial charge in [0.1, 0.15) is 0 Å². The van der Waals surface area contributed by atoms with E-state index in [2.05, 4.69) is 15.6 Å². The minimum Gasteiger partial charge on any atom is -0.310 e. The Labute approximate surface area is 105 Å². The van der Waals surface area contributed by atoms with E-state index in [0.717, 1.165) is 29.5 Å². The van der Waals surface area contributed by atoms with Crippen molar-refractivity contribution in [1.82, 2.24) is 15.2 Å². The maximum absolute atomic E-state index is 12.0. The first-order valence-corrected chi connectivity index (χ1v) is 5.94. The summed E-state index contributed by atoms with van der Waals surface area (Å²) in [5.41, 5.74) is 0.826. The smallest absolute Gasteiger partial charge is 0.310 e. The van der Waals surface area contributed by atoms with Crippen LogP contribution in [-0.2, 0) is 0 Å². The summed E-state index contributed by atoms with van der Waals surface area (Å²) < 4.78 is 0. The summed E-state index contributed by atoms with van der Waals surface area (Å²) in [4.78, 5) is 17.8. The van der Waals surface area contributed by atoms with Crippen molar-refractivity contribution in [3.8, 4) is 0 Å². The molecule has 1 aromatic carbocycles. The topological polar surface area (TPSA) is 57.3 Å². The molecule has 0 saturated carbocycles. The third-order valence-electron chi connectivity index (χ3n) is 3.07. The van der Waals surface area contributed by atoms with E-state index in [4.69, 9.17) is 0 Å². The van der Waals surface area contributed by atoms with Crippen molar-refractivity contribution >= 4 is 22.5 Å². The lowest BCUT2D eigenvalue weighted by Crippen LogP contribution is -2.33. The molecule has 2 N–H and O–H groups in total. The van der Waals surface area contributed by atoms with E-state index < -0.39 is 0 Å². The zero-order valence-corrected chi connectivity index (χ0v) is 9.89. The highest BCUT2D eigenvalue weighted by molar-refractivity contribution is 6.01. The van der Waals surface area contributed by atoms with Crippen LogP contribution in [0.4, 0.5) is 10.5 Å². The van der Waals surface area contributed by atoms with Gasteiger partial charge in [-0.2, -0.15) is 0 Å². The molecule has 0 radical (unpaired) electrons. The minimum absolute atomic E-state index is 0.0655. The third kappa shape index (κ3) is 2.00. The molecule has 0 aliphatic carbocycles. The molecule has 5 nitrogen and oxygen atoms in total. The summed E-state index contributed by atoms with van der Waals surface area (Å²) in [6.07, 6.45) is 3.53. The second-order valence-electron chi connectivity index (χ2n) is 4.25. The van der Waals surface area contributed by atoms with E-state index in [0.29, 0.717) is 6.67 Å². The Hall–Kier alpha value is -2.14. The number of hydrogen-bond acceptors (Lipinski definition) is 3. The number of amides is 2. The van der Waals surface area contributed by atoms with Crippen LogP contribution in [0.3, 0.4) is 0 Å². The zero-order chi connectivity index (χ0) is 12.4. The number of aromatic nitrogens is 1. The van der Waals surface area contributed by atoms with Crippen LogP contribution in [0, 0.1) is 0 Å². The van der Waals surface area contributed by atoms with Crippen LogP contribution in [0.1, 0.15) is 0 Å². The standard InChI is InChI=1S/C13H14N4O/c18-13(17-7-6-15-9-17)16-12-3-1-2-10-8-14-5-4-11(10)12/h1-5,8,15H,6-7,9H2,(H,16,18). The molecular formula is C13H14N4O. The lowest BCUT2D eigenvalue weighted by molar-refractivity contribution is 0.222. The number of nitrogens with one attached hydrogen (secondary N) is 2. The summed E-state index contributed by atoms with van der Waals surface area (Å²) in [6.45, 7) is 2.21. The fourth-order valence-electron chi connectivity index (χ4n) is 2.11. The van der Waals surface area contributed by atoms with Crippen molar-refractivity contribution in [3.63, 3.8) is 0 Å². The summed E-state index contributed by atoms with van der Waals surface area (Å²) in [6, 6.07) is 7.65. The molecule has 2 heterocycles. The van der Waals surface area contributed by atoms with Crippen molar-refractivity contribution in [2.75, 3.05) is 25.1 Å². The Morgan fingerprint density at radius 1 is 1.39 bits per heavy atom. The van der Waals surface area contributed by atoms with Crippen molar-refractivity contribution in [2.24, 2.45) is 0 Å². The first-order chi connectivity index (χ1) is 8.84. The number of pyridine rings is 1. The Bertz CT molecular complexity index is 573. The maximum atomic E-state index is 12.0. The molecule has 92 valence electrons. The van der Waals surface area contributed by atoms with Gasteiger partial charge >= 0.3 is 6.03 Å². The van der Waals surface area contributed by atoms with Gasteiger partial charge in [-0.05, 0) is 12.1 Å². The molecule has 2 aromatic rings. The first kappa shape index (κ1) is 11.0. The van der Waals surface area contributed by atoms with Gasteiger partial charge in [0.05, 0.1) is 12.4 Å². The Balaban J connectivity index is 1.88. The van der Waals surface area contributed by atoms with Gasteiger partial charge < -0.3 is 10.2 Å². The van der Waals surface area contributed by atoms with Crippen LogP contribution in [0.15, 0.2) is 36.7 Å². The van der Waals surface area contributed by atoms with E-state index in [9.17, 15) is 4.79 Å². The van der Waals surface area contributed by atoms with Gasteiger partial charge in [0.25, 0.3) is 0 Å². The van der Waals surface area contributed by atoms with E-state index in [1.54, 1.807) is 17.3 Å². The molecule has 0 unspecified atom stereocenters. The molecule has 2 amide bonds. The van der Waals surface area contributed by atoms with Gasteiger partial charge in [-0.25, -0.2) is 4.79 Å². The van der Waals surface area contributed by atoms with Crippen LogP contribution < -0.4 is 10.6 Å². The minimum atomic E-state index is -0.0655. The van der Waals surface area contributed by atoms with Gasteiger partial charge in [-0.3, -0.25) is 10.3 Å². The highest BCUT2D eigenvalue weighted by Gasteiger charge is 2.17. The third-order valence-corrected chi connectivity index (χ3v) is 3.07. The highest BCUT2D eigenvalue weighted by atomic mass is 16.2. The fourth-order valence-corrected chi connectivity index (χ4v) is 2.11. The molecule has 1 aliphatic rings. The van der Waals surface area contributed by atoms with Gasteiger partial charge in [0.2, 0.25) is 0 Å². The molecule has 1 fully saturated rings. The summed E-state index contributed by atoms with van der Waals surface area (Å²) in [5, 5.41) is 8.11. The van der Waals surface area contributed by atoms with Crippen molar-refractivity contribution in [2.45, 2.75) is 0 Å². The quantitative estimate of drug-likeness (QED) is 0.799. The number of hydrogen-bond donors (Lipinski definition) is 2. The molecule has 0 atom stereocenters. The van der Waals surface area contributed by atoms with Gasteiger partial charge in [0, 0.05) is 36.3 Å². The second kappa shape index (κ2) is 4.62. The normalized spacial score (nSPS) is 15.0. The van der Waals surface area contributed by atoms with Crippen LogP contribution in [0.2, 0.25) is 0 Å². The molecule has 18 heavy (non-hydrogen) atoms. The maximum Gasteiger partial charge on any atom is 0.322 e. The average Bonchev–Trinajstić information content (AvgIpc) is 2.93. The molecule has 0 spiro atoms. The molecule has 1 aromatic heterocycles. The molecule has 1 saturated heterocycles. The van der Waals surface area contributed by atoms with Crippen molar-refractivity contribution in [1.29, 1.82) is 0 Å². The molecule has 0 bridgehead atoms. The van der Waals surface area contributed by atoms with Gasteiger partial charge in [-0.15, -0.1) is 0 Å². The number of rotatable bonds is 1. The molecule has 5 heteroatoms. The van der Waals surface area contributed by atoms with Gasteiger partial charge in [-0.1, -0.05) is 12.1 Å². The number of urea groups is 1. The second-order valence-corrected chi connectivity index (χ2v) is 4.25. The Morgan fingerprint density at radius 2 is 2.33 bits per heavy atom. The number of benzene rings is 1. The van der Waals surface area contributed by atoms with Crippen molar-refractivity contribution < 1.29 is 4.79 Å². The first-order valence-electron chi connectivity index (χ1n) is 5.94. The lowest BCUT2D eigenvalue weighted by Gasteiger charge is -2.16. The summed E-state index contributed by atoms with van der Waals surface area (Å²) >= 11 is 0. The molecule has 3 rings (SSSR count). The summed E-state index contributed by atoms with van der Waals surface area (Å²) in [5.74, 6) is 0. The Morgan fingerprint density at radius 3 is 3.17 bits per heavy atom. The number of carbonyl (C=O) groups excluding carboxylic acids is 1. The van der Waals surface area contributed by atoms with Crippen LogP contribution in [0.5, 0.6) is 0 Å². The highest BCUT2D eigenvalue weighted by Crippen LogP contribution is 2.22. The Kier molecular flexibility index (Phi) is 2.82. The fraction of sp³-hybridized carbons (Fsp3) is 0.231. The van der Waals surface area contributed by atoms with E-state index in [-0.39, 0.29) is 6.03 Å². The SMILES string of the molecule is O=C(Nc1cccc2cnccc12)N1CCNC1. The van der Waals surface area contributed by atoms with E-state index >= 15 is 0 Å². The largest absolute Gasteiger partial charge is 0.322 e. The van der Waals surface area contributed by atoms with Gasteiger partial charge in [0.15, 0.2) is 0 Å². The van der Waals surface area contributed by atoms with Crippen LogP contribution >= 0.6 is 0 Å². The van der Waals surface area contributed by atoms with Crippen molar-refractivity contribution in [3.05, 3.63) is 36.7 Å². The number of carbonyl (C=O) groups is 1. The monoisotopic (exact) mass is 242 g/mol. The van der Waals surface area contributed by atoms with E-state index in [1.807, 2.05) is 24.3 Å². The van der Waals surface area contributed by atoms with Crippen LogP contribution in [0.25, 0.3) is 10.8 Å². The predicted octanol–water partition coefficient (Wildman–Crippen LogP) is 1.63. The average molecular weight is 242 g/mol. The zero-order valence-electron chi connectivity index (χ0n) is 9.89. The summed E-state index contributed by atoms with van der Waals surface area (Å²) in [7, 11) is 0. The van der Waals surface area contributed by atoms with E-state index in [1.165, 1.54) is 0 Å². The number of fused-ring (bicyclic) bond motifs is 1. The van der Waals surface area contributed by atoms with Crippen LogP contribution in [-0.4, -0.2) is 35.7 Å². The predicted molar refractivity (Wildman–Crippen MR) is 70.3 cm³/mol. The number of nitrogens with zero attached hydrogens (tertiary/aromatic N) is 2. The number of anilines is 1. The molecular weight excluding hydrogens is 228 g/mol. The molecule has 1 aliphatic heterocycles. The lowest BCUT2D eigenvalue weighted by atomic mass is 10.1.